The van der Waals surface area contributed by atoms with Gasteiger partial charge in [0.15, 0.2) is 6.29 Å². The molecule has 0 spiro atoms. The summed E-state index contributed by atoms with van der Waals surface area (Å²) in [6.07, 6.45) is -0.912. The second-order valence-electron chi connectivity index (χ2n) is 3.67. The molecule has 0 aromatic rings. The summed E-state index contributed by atoms with van der Waals surface area (Å²) in [7, 11) is 0. The number of ether oxygens (including phenoxy) is 2. The van der Waals surface area contributed by atoms with Crippen molar-refractivity contribution in [2.24, 2.45) is 0 Å². The summed E-state index contributed by atoms with van der Waals surface area (Å²) in [6.45, 7) is -2.46. The normalized spacial score (nSPS) is 33.2. The molecular formula is C9H18O9. The van der Waals surface area contributed by atoms with Gasteiger partial charge in [-0.05, 0) is 0 Å². The van der Waals surface area contributed by atoms with Crippen molar-refractivity contribution >= 4 is 6.29 Å². The Kier molecular flexibility index (Phi) is 7.43. The average Bonchev–Trinajstić information content (AvgIpc) is 2.42. The third kappa shape index (κ3) is 5.80. The first kappa shape index (κ1) is 17.4. The molecule has 0 saturated carbocycles. The predicted octanol–water partition coefficient (Wildman–Crippen LogP) is -4.07. The Morgan fingerprint density at radius 3 is 1.56 bits per heavy atom. The summed E-state index contributed by atoms with van der Waals surface area (Å²) < 4.78 is 9.38. The van der Waals surface area contributed by atoms with E-state index in [1.165, 1.54) is 0 Å². The molecule has 6 N–H and O–H groups in total. The van der Waals surface area contributed by atoms with E-state index in [1.807, 2.05) is 0 Å². The fraction of sp³-hybridized carbons (Fsp3) is 0.889. The van der Waals surface area contributed by atoms with E-state index < -0.39 is 37.5 Å². The van der Waals surface area contributed by atoms with E-state index in [9.17, 15) is 15.0 Å². The second-order valence-corrected chi connectivity index (χ2v) is 3.67. The van der Waals surface area contributed by atoms with E-state index in [0.29, 0.717) is 0 Å². The van der Waals surface area contributed by atoms with Crippen LogP contribution < -0.4 is 0 Å². The zero-order valence-electron chi connectivity index (χ0n) is 9.60. The molecule has 3 unspecified atom stereocenters. The standard InChI is InChI=1S/C6H12O6.C3H6O3/c7-1-5(9)3-12-6(10,2-8)4-11-5;4-1-3(6)2-5/h7-10H,1-4H2;1,3,5-6H,2H2. The van der Waals surface area contributed by atoms with Crippen molar-refractivity contribution in [2.45, 2.75) is 17.7 Å². The molecule has 3 atom stereocenters. The van der Waals surface area contributed by atoms with E-state index in [1.54, 1.807) is 0 Å². The van der Waals surface area contributed by atoms with Gasteiger partial charge in [-0.3, -0.25) is 0 Å². The zero-order chi connectivity index (χ0) is 14.2. The highest BCUT2D eigenvalue weighted by molar-refractivity contribution is 5.55. The van der Waals surface area contributed by atoms with E-state index in [2.05, 4.69) is 0 Å². The van der Waals surface area contributed by atoms with Gasteiger partial charge >= 0.3 is 0 Å². The number of aldehydes is 1. The first-order valence-electron chi connectivity index (χ1n) is 5.03. The SMILES string of the molecule is O=CC(O)CO.OCC1(O)COC(O)(CO)CO1. The molecule has 0 bridgehead atoms. The van der Waals surface area contributed by atoms with Gasteiger partial charge in [-0.25, -0.2) is 0 Å². The van der Waals surface area contributed by atoms with Crippen LogP contribution in [0.25, 0.3) is 0 Å². The molecule has 0 amide bonds. The number of carbonyl (C=O) groups excluding carboxylic acids is 1. The minimum absolute atomic E-state index is 0.278. The molecule has 1 aliphatic rings. The second kappa shape index (κ2) is 7.71. The summed E-state index contributed by atoms with van der Waals surface area (Å²) in [5.41, 5.74) is 0. The molecule has 9 nitrogen and oxygen atoms in total. The van der Waals surface area contributed by atoms with Crippen molar-refractivity contribution in [1.82, 2.24) is 0 Å². The lowest BCUT2D eigenvalue weighted by molar-refractivity contribution is -0.377. The minimum Gasteiger partial charge on any atom is -0.393 e. The maximum Gasteiger partial charge on any atom is 0.213 e. The van der Waals surface area contributed by atoms with E-state index in [0.717, 1.165) is 0 Å². The summed E-state index contributed by atoms with van der Waals surface area (Å²) in [6, 6.07) is 0. The van der Waals surface area contributed by atoms with Gasteiger partial charge in [0.25, 0.3) is 0 Å². The van der Waals surface area contributed by atoms with Gasteiger partial charge in [-0.1, -0.05) is 0 Å². The third-order valence-corrected chi connectivity index (χ3v) is 1.97. The average molecular weight is 270 g/mol. The first-order chi connectivity index (χ1) is 8.34. The maximum atomic E-state index is 9.33. The highest BCUT2D eigenvalue weighted by Crippen LogP contribution is 2.20. The summed E-state index contributed by atoms with van der Waals surface area (Å²) >= 11 is 0. The van der Waals surface area contributed by atoms with Gasteiger partial charge in [-0.15, -0.1) is 0 Å². The molecule has 1 rings (SSSR count). The molecule has 1 fully saturated rings. The highest BCUT2D eigenvalue weighted by Gasteiger charge is 2.42. The minimum atomic E-state index is -1.76. The topological polar surface area (TPSA) is 157 Å². The van der Waals surface area contributed by atoms with Crippen LogP contribution in [0.3, 0.4) is 0 Å². The molecule has 108 valence electrons. The van der Waals surface area contributed by atoms with Crippen LogP contribution in [-0.2, 0) is 14.3 Å². The van der Waals surface area contributed by atoms with Crippen molar-refractivity contribution < 1.29 is 44.9 Å². The zero-order valence-corrected chi connectivity index (χ0v) is 9.60. The van der Waals surface area contributed by atoms with Crippen molar-refractivity contribution in [2.75, 3.05) is 33.0 Å². The van der Waals surface area contributed by atoms with E-state index >= 15 is 0 Å². The number of hydrogen-bond donors (Lipinski definition) is 6. The third-order valence-electron chi connectivity index (χ3n) is 1.97. The summed E-state index contributed by atoms with van der Waals surface area (Å²) in [5.74, 6) is -3.52. The van der Waals surface area contributed by atoms with Gasteiger partial charge in [-0.2, -0.15) is 0 Å². The Hall–Kier alpha value is -0.650. The lowest BCUT2D eigenvalue weighted by Crippen LogP contribution is -2.56. The molecular weight excluding hydrogens is 252 g/mol. The fourth-order valence-electron chi connectivity index (χ4n) is 0.803. The number of carbonyl (C=O) groups is 1. The van der Waals surface area contributed by atoms with Crippen molar-refractivity contribution in [1.29, 1.82) is 0 Å². The number of hydrogen-bond acceptors (Lipinski definition) is 9. The van der Waals surface area contributed by atoms with Crippen LogP contribution in [-0.4, -0.2) is 87.6 Å². The van der Waals surface area contributed by atoms with Gasteiger partial charge in [0, 0.05) is 0 Å². The molecule has 1 heterocycles. The molecule has 0 radical (unpaired) electrons. The fourth-order valence-corrected chi connectivity index (χ4v) is 0.803. The monoisotopic (exact) mass is 270 g/mol. The van der Waals surface area contributed by atoms with E-state index in [-0.39, 0.29) is 19.5 Å². The lowest BCUT2D eigenvalue weighted by atomic mass is 10.2. The lowest BCUT2D eigenvalue weighted by Gasteiger charge is -2.38. The molecule has 0 aromatic heterocycles. The Labute approximate surface area is 103 Å². The predicted molar refractivity (Wildman–Crippen MR) is 55.1 cm³/mol. The Morgan fingerprint density at radius 2 is 1.44 bits per heavy atom. The Balaban J connectivity index is 0.000000411. The van der Waals surface area contributed by atoms with Crippen LogP contribution >= 0.6 is 0 Å². The van der Waals surface area contributed by atoms with Crippen molar-refractivity contribution in [3.63, 3.8) is 0 Å². The van der Waals surface area contributed by atoms with Crippen molar-refractivity contribution in [3.05, 3.63) is 0 Å². The first-order valence-corrected chi connectivity index (χ1v) is 5.03. The molecule has 18 heavy (non-hydrogen) atoms. The van der Waals surface area contributed by atoms with Crippen LogP contribution in [0.15, 0.2) is 0 Å². The highest BCUT2D eigenvalue weighted by atomic mass is 16.7. The van der Waals surface area contributed by atoms with Gasteiger partial charge < -0.3 is 44.9 Å². The van der Waals surface area contributed by atoms with Gasteiger partial charge in [0.2, 0.25) is 11.6 Å². The Bertz CT molecular complexity index is 218. The van der Waals surface area contributed by atoms with Crippen molar-refractivity contribution in [3.8, 4) is 0 Å². The number of aliphatic hydroxyl groups excluding tert-OH is 4. The summed E-state index contributed by atoms with van der Waals surface area (Å²) in [4.78, 5) is 9.33. The molecule has 0 aromatic carbocycles. The van der Waals surface area contributed by atoms with Gasteiger partial charge in [0.05, 0.1) is 19.8 Å². The van der Waals surface area contributed by atoms with Crippen LogP contribution in [0.1, 0.15) is 0 Å². The maximum absolute atomic E-state index is 9.33. The summed E-state index contributed by atoms with van der Waals surface area (Å²) in [5, 5.41) is 51.5. The Morgan fingerprint density at radius 1 is 1.06 bits per heavy atom. The molecule has 9 heteroatoms. The molecule has 1 aliphatic heterocycles. The van der Waals surface area contributed by atoms with Crippen LogP contribution in [0.2, 0.25) is 0 Å². The molecule has 0 aliphatic carbocycles. The molecule has 1 saturated heterocycles. The van der Waals surface area contributed by atoms with E-state index in [4.69, 9.17) is 29.9 Å². The van der Waals surface area contributed by atoms with Crippen LogP contribution in [0.4, 0.5) is 0 Å². The number of aliphatic hydroxyl groups is 6. The van der Waals surface area contributed by atoms with Crippen LogP contribution in [0, 0.1) is 0 Å². The number of rotatable bonds is 4. The smallest absolute Gasteiger partial charge is 0.213 e. The largest absolute Gasteiger partial charge is 0.393 e. The quantitative estimate of drug-likeness (QED) is 0.279. The van der Waals surface area contributed by atoms with Crippen LogP contribution in [0.5, 0.6) is 0 Å². The van der Waals surface area contributed by atoms with Gasteiger partial charge in [0.1, 0.15) is 19.3 Å².